The van der Waals surface area contributed by atoms with Gasteiger partial charge in [-0.1, -0.05) is 44.4 Å². The van der Waals surface area contributed by atoms with Gasteiger partial charge in [-0.15, -0.1) is 0 Å². The number of anilines is 1. The van der Waals surface area contributed by atoms with Crippen LogP contribution in [0, 0.1) is 16.7 Å². The monoisotopic (exact) mass is 560 g/mol. The lowest BCUT2D eigenvalue weighted by molar-refractivity contribution is -0.0530. The number of fused-ring (bicyclic) bond motifs is 5. The van der Waals surface area contributed by atoms with Gasteiger partial charge in [0.25, 0.3) is 0 Å². The minimum Gasteiger partial charge on any atom is -0.393 e. The molecular formula is C31H48N2O5S. The largest absolute Gasteiger partial charge is 0.393 e. The lowest BCUT2D eigenvalue weighted by Gasteiger charge is -2.57. The lowest BCUT2D eigenvalue weighted by atomic mass is 9.47. The molecule has 1 heterocycles. The van der Waals surface area contributed by atoms with Crippen molar-refractivity contribution in [1.82, 2.24) is 4.90 Å². The molecule has 1 aromatic rings. The van der Waals surface area contributed by atoms with Gasteiger partial charge in [-0.3, -0.25) is 14.2 Å². The molecule has 8 heteroatoms. The normalized spacial score (nSPS) is 33.1. The minimum absolute atomic E-state index is 0.0354. The smallest absolute Gasteiger partial charge is 0.357 e. The number of hydrogen-bond donors (Lipinski definition) is 3. The highest BCUT2D eigenvalue weighted by Gasteiger charge is 2.60. The Morgan fingerprint density at radius 1 is 1.08 bits per heavy atom. The van der Waals surface area contributed by atoms with E-state index in [9.17, 15) is 18.1 Å². The fourth-order valence-electron chi connectivity index (χ4n) is 8.50. The summed E-state index contributed by atoms with van der Waals surface area (Å²) in [5, 5.41) is 11.0. The molecule has 1 aromatic carbocycles. The predicted molar refractivity (Wildman–Crippen MR) is 155 cm³/mol. The molecule has 5 rings (SSSR count). The number of nitrogens with zero attached hydrogens (tertiary/aromatic N) is 1. The molecule has 3 fully saturated rings. The van der Waals surface area contributed by atoms with Crippen LogP contribution >= 0.6 is 0 Å². The number of aliphatic hydroxyl groups is 1. The highest BCUT2D eigenvalue weighted by Crippen LogP contribution is 2.67. The molecule has 2 saturated carbocycles. The van der Waals surface area contributed by atoms with Crippen molar-refractivity contribution in [2.45, 2.75) is 96.0 Å². The van der Waals surface area contributed by atoms with E-state index in [1.54, 1.807) is 6.07 Å². The van der Waals surface area contributed by atoms with Gasteiger partial charge in [0, 0.05) is 13.1 Å². The van der Waals surface area contributed by atoms with Crippen LogP contribution in [0.5, 0.6) is 0 Å². The first-order chi connectivity index (χ1) is 18.7. The molecule has 3 unspecified atom stereocenters. The summed E-state index contributed by atoms with van der Waals surface area (Å²) in [4.78, 5) is 2.52. The first-order valence-electron chi connectivity index (χ1n) is 15.3. The topological polar surface area (TPSA) is 99.1 Å². The number of nitrogens with one attached hydrogen (secondary N) is 1. The maximum absolute atomic E-state index is 11.4. The zero-order chi connectivity index (χ0) is 27.5. The predicted octanol–water partition coefficient (Wildman–Crippen LogP) is 5.72. The summed E-state index contributed by atoms with van der Waals surface area (Å²) in [6.07, 6.45) is 18.2. The van der Waals surface area contributed by atoms with Crippen LogP contribution < -0.4 is 4.72 Å². The molecule has 0 spiro atoms. The lowest BCUT2D eigenvalue weighted by Crippen LogP contribution is -2.50. The summed E-state index contributed by atoms with van der Waals surface area (Å²) in [7, 11) is -4.29. The third-order valence-electron chi connectivity index (χ3n) is 10.5. The summed E-state index contributed by atoms with van der Waals surface area (Å²) in [5.74, 6) is 0.833. The van der Waals surface area contributed by atoms with Crippen molar-refractivity contribution in [3.05, 3.63) is 41.5 Å². The van der Waals surface area contributed by atoms with Crippen molar-refractivity contribution in [1.29, 1.82) is 0 Å². The summed E-state index contributed by atoms with van der Waals surface area (Å²) >= 11 is 0. The van der Waals surface area contributed by atoms with E-state index in [0.717, 1.165) is 71.2 Å². The molecule has 4 aliphatic rings. The molecule has 218 valence electrons. The van der Waals surface area contributed by atoms with Gasteiger partial charge in [-0.05, 0) is 110 Å². The second-order valence-corrected chi connectivity index (χ2v) is 13.9. The second-order valence-electron chi connectivity index (χ2n) is 12.8. The SMILES string of the molecule is C[C@]12CCC3c4ccc(NS(=O)(=O)O)cc4CCC3(C=CCCCCCCCN3CCOCC3)C1CC[C@@H]2O. The van der Waals surface area contributed by atoms with Crippen LogP contribution in [0.4, 0.5) is 5.69 Å². The Kier molecular flexibility index (Phi) is 9.08. The van der Waals surface area contributed by atoms with Crippen molar-refractivity contribution < 1.29 is 22.8 Å². The number of unbranched alkanes of at least 4 members (excludes halogenated alkanes) is 5. The van der Waals surface area contributed by atoms with Crippen molar-refractivity contribution >= 4 is 16.0 Å². The maximum Gasteiger partial charge on any atom is 0.357 e. The Morgan fingerprint density at radius 2 is 1.85 bits per heavy atom. The minimum atomic E-state index is -4.29. The molecule has 0 bridgehead atoms. The van der Waals surface area contributed by atoms with Crippen LogP contribution in [0.25, 0.3) is 0 Å². The van der Waals surface area contributed by atoms with E-state index in [1.165, 1.54) is 49.8 Å². The molecule has 1 aliphatic heterocycles. The van der Waals surface area contributed by atoms with Crippen LogP contribution in [0.2, 0.25) is 0 Å². The molecule has 1 saturated heterocycles. The van der Waals surface area contributed by atoms with Gasteiger partial charge in [0.05, 0.1) is 25.0 Å². The average Bonchev–Trinajstić information content (AvgIpc) is 3.22. The standard InChI is InChI=1S/C31H48N2O5S/c1-30-16-14-27-26-10-9-25(32-39(35,36)37)23-24(26)13-17-31(27,28(30)11-12-29(30)34)15-7-5-3-2-4-6-8-18-33-19-21-38-22-20-33/h7,9-10,15,23,27-29,32,34H,2-6,8,11-14,16-22H2,1H3,(H,35,36,37)/t27?,28?,29-,30-,31?/m0/s1. The Balaban J connectivity index is 1.22. The van der Waals surface area contributed by atoms with Gasteiger partial charge in [-0.25, -0.2) is 0 Å². The Bertz CT molecular complexity index is 1120. The van der Waals surface area contributed by atoms with Crippen LogP contribution in [0.3, 0.4) is 0 Å². The van der Waals surface area contributed by atoms with Gasteiger partial charge < -0.3 is 9.84 Å². The number of rotatable bonds is 11. The van der Waals surface area contributed by atoms with Crippen LogP contribution in [-0.2, 0) is 21.5 Å². The van der Waals surface area contributed by atoms with E-state index >= 15 is 0 Å². The Hall–Kier alpha value is -1.45. The quantitative estimate of drug-likeness (QED) is 0.182. The Labute approximate surface area is 235 Å². The first kappa shape index (κ1) is 29.1. The number of aliphatic hydroxyl groups excluding tert-OH is 1. The number of morpholine rings is 1. The number of aryl methyl sites for hydroxylation is 1. The maximum atomic E-state index is 11.4. The van der Waals surface area contributed by atoms with Gasteiger partial charge in [0.15, 0.2) is 0 Å². The fraction of sp³-hybridized carbons (Fsp3) is 0.742. The van der Waals surface area contributed by atoms with Crippen molar-refractivity contribution in [3.8, 4) is 0 Å². The average molecular weight is 561 g/mol. The molecule has 39 heavy (non-hydrogen) atoms. The van der Waals surface area contributed by atoms with Crippen LogP contribution in [-0.4, -0.2) is 61.9 Å². The number of benzene rings is 1. The van der Waals surface area contributed by atoms with E-state index in [-0.39, 0.29) is 16.9 Å². The van der Waals surface area contributed by atoms with Gasteiger partial charge >= 0.3 is 10.3 Å². The number of hydrogen-bond acceptors (Lipinski definition) is 5. The third-order valence-corrected chi connectivity index (χ3v) is 11.0. The molecule has 3 N–H and O–H groups in total. The zero-order valence-electron chi connectivity index (χ0n) is 23.6. The molecule has 7 nitrogen and oxygen atoms in total. The highest BCUT2D eigenvalue weighted by atomic mass is 32.2. The molecule has 0 amide bonds. The molecule has 3 aliphatic carbocycles. The zero-order valence-corrected chi connectivity index (χ0v) is 24.4. The van der Waals surface area contributed by atoms with Gasteiger partial charge in [-0.2, -0.15) is 8.42 Å². The van der Waals surface area contributed by atoms with E-state index < -0.39 is 10.3 Å². The van der Waals surface area contributed by atoms with E-state index in [1.807, 2.05) is 6.07 Å². The summed E-state index contributed by atoms with van der Waals surface area (Å²) < 4.78 is 39.6. The summed E-state index contributed by atoms with van der Waals surface area (Å²) in [5.41, 5.74) is 2.91. The molecule has 5 atom stereocenters. The van der Waals surface area contributed by atoms with E-state index in [2.05, 4.69) is 34.8 Å². The Morgan fingerprint density at radius 3 is 2.64 bits per heavy atom. The van der Waals surface area contributed by atoms with E-state index in [4.69, 9.17) is 4.74 Å². The van der Waals surface area contributed by atoms with Crippen molar-refractivity contribution in [2.75, 3.05) is 37.6 Å². The summed E-state index contributed by atoms with van der Waals surface area (Å²) in [6.45, 7) is 7.44. The fourth-order valence-corrected chi connectivity index (χ4v) is 8.92. The van der Waals surface area contributed by atoms with Crippen LogP contribution in [0.1, 0.15) is 94.6 Å². The second kappa shape index (κ2) is 12.2. The molecule has 0 radical (unpaired) electrons. The van der Waals surface area contributed by atoms with Crippen LogP contribution in [0.15, 0.2) is 30.4 Å². The summed E-state index contributed by atoms with van der Waals surface area (Å²) in [6, 6.07) is 5.75. The van der Waals surface area contributed by atoms with Crippen molar-refractivity contribution in [2.24, 2.45) is 16.7 Å². The van der Waals surface area contributed by atoms with Crippen molar-refractivity contribution in [3.63, 3.8) is 0 Å². The van der Waals surface area contributed by atoms with Gasteiger partial charge in [0.1, 0.15) is 0 Å². The number of ether oxygens (including phenoxy) is 1. The molecule has 0 aromatic heterocycles. The van der Waals surface area contributed by atoms with Gasteiger partial charge in [0.2, 0.25) is 0 Å². The number of allylic oxidation sites excluding steroid dienone is 2. The first-order valence-corrected chi connectivity index (χ1v) is 16.7. The highest BCUT2D eigenvalue weighted by molar-refractivity contribution is 7.87. The molecular weight excluding hydrogens is 512 g/mol. The van der Waals surface area contributed by atoms with E-state index in [0.29, 0.717) is 17.5 Å². The third kappa shape index (κ3) is 6.40.